The standard InChI is InChI=1S/C14H22N2O2/c1-16(10-11-6-7-15-9-11)13-8-12(17-2)4-5-14(13)18-3/h4-5,8,11,15H,6-7,9-10H2,1-3H3. The second kappa shape index (κ2) is 5.96. The Hall–Kier alpha value is -1.42. The molecular weight excluding hydrogens is 228 g/mol. The van der Waals surface area contributed by atoms with E-state index in [1.807, 2.05) is 18.2 Å². The summed E-state index contributed by atoms with van der Waals surface area (Å²) >= 11 is 0. The van der Waals surface area contributed by atoms with E-state index >= 15 is 0 Å². The molecule has 0 bridgehead atoms. The molecule has 1 fully saturated rings. The topological polar surface area (TPSA) is 33.7 Å². The van der Waals surface area contributed by atoms with Gasteiger partial charge in [-0.2, -0.15) is 0 Å². The van der Waals surface area contributed by atoms with Crippen molar-refractivity contribution >= 4 is 5.69 Å². The highest BCUT2D eigenvalue weighted by Gasteiger charge is 2.18. The van der Waals surface area contributed by atoms with Crippen LogP contribution in [0.15, 0.2) is 18.2 Å². The van der Waals surface area contributed by atoms with Crippen molar-refractivity contribution in [3.63, 3.8) is 0 Å². The van der Waals surface area contributed by atoms with Crippen molar-refractivity contribution in [2.24, 2.45) is 5.92 Å². The van der Waals surface area contributed by atoms with E-state index in [0.717, 1.165) is 36.8 Å². The average molecular weight is 250 g/mol. The van der Waals surface area contributed by atoms with Crippen molar-refractivity contribution in [1.29, 1.82) is 0 Å². The summed E-state index contributed by atoms with van der Waals surface area (Å²) in [6, 6.07) is 5.91. The van der Waals surface area contributed by atoms with Crippen LogP contribution in [-0.4, -0.2) is 40.9 Å². The SMILES string of the molecule is COc1ccc(OC)c(N(C)CC2CCNC2)c1. The van der Waals surface area contributed by atoms with Crippen molar-refractivity contribution in [3.8, 4) is 11.5 Å². The molecule has 1 unspecified atom stereocenters. The second-order valence-electron chi connectivity index (χ2n) is 4.78. The maximum Gasteiger partial charge on any atom is 0.142 e. The summed E-state index contributed by atoms with van der Waals surface area (Å²) in [6.07, 6.45) is 1.25. The number of benzene rings is 1. The fraction of sp³-hybridized carbons (Fsp3) is 0.571. The molecule has 1 saturated heterocycles. The summed E-state index contributed by atoms with van der Waals surface area (Å²) in [7, 11) is 5.50. The van der Waals surface area contributed by atoms with Gasteiger partial charge in [0, 0.05) is 19.7 Å². The largest absolute Gasteiger partial charge is 0.497 e. The lowest BCUT2D eigenvalue weighted by molar-refractivity contribution is 0.402. The van der Waals surface area contributed by atoms with Gasteiger partial charge in [0.2, 0.25) is 0 Å². The molecule has 4 heteroatoms. The monoisotopic (exact) mass is 250 g/mol. The van der Waals surface area contributed by atoms with Crippen LogP contribution in [0.2, 0.25) is 0 Å². The van der Waals surface area contributed by atoms with Crippen LogP contribution >= 0.6 is 0 Å². The van der Waals surface area contributed by atoms with Gasteiger partial charge in [-0.3, -0.25) is 0 Å². The van der Waals surface area contributed by atoms with E-state index in [0.29, 0.717) is 5.92 Å². The molecule has 0 aliphatic carbocycles. The van der Waals surface area contributed by atoms with E-state index in [1.54, 1.807) is 14.2 Å². The van der Waals surface area contributed by atoms with Crippen LogP contribution in [0, 0.1) is 5.92 Å². The number of hydrogen-bond acceptors (Lipinski definition) is 4. The lowest BCUT2D eigenvalue weighted by Gasteiger charge is -2.25. The third kappa shape index (κ3) is 2.88. The molecule has 0 amide bonds. The zero-order valence-corrected chi connectivity index (χ0v) is 11.4. The molecule has 1 aliphatic heterocycles. The highest BCUT2D eigenvalue weighted by atomic mass is 16.5. The van der Waals surface area contributed by atoms with Crippen LogP contribution in [0.4, 0.5) is 5.69 Å². The van der Waals surface area contributed by atoms with Crippen LogP contribution < -0.4 is 19.7 Å². The van der Waals surface area contributed by atoms with Crippen LogP contribution in [0.25, 0.3) is 0 Å². The van der Waals surface area contributed by atoms with E-state index in [9.17, 15) is 0 Å². The predicted octanol–water partition coefficient (Wildman–Crippen LogP) is 1.75. The molecule has 0 radical (unpaired) electrons. The Kier molecular flexibility index (Phi) is 4.31. The Morgan fingerprint density at radius 1 is 1.33 bits per heavy atom. The fourth-order valence-electron chi connectivity index (χ4n) is 2.45. The van der Waals surface area contributed by atoms with Crippen molar-refractivity contribution < 1.29 is 9.47 Å². The molecule has 1 heterocycles. The molecular formula is C14H22N2O2. The van der Waals surface area contributed by atoms with Crippen molar-refractivity contribution in [3.05, 3.63) is 18.2 Å². The van der Waals surface area contributed by atoms with Gasteiger partial charge in [0.25, 0.3) is 0 Å². The van der Waals surface area contributed by atoms with Gasteiger partial charge in [0.05, 0.1) is 19.9 Å². The zero-order valence-electron chi connectivity index (χ0n) is 11.4. The zero-order chi connectivity index (χ0) is 13.0. The molecule has 1 aliphatic rings. The van der Waals surface area contributed by atoms with Gasteiger partial charge in [-0.05, 0) is 37.6 Å². The normalized spacial score (nSPS) is 18.7. The quantitative estimate of drug-likeness (QED) is 0.863. The maximum absolute atomic E-state index is 5.42. The van der Waals surface area contributed by atoms with Gasteiger partial charge >= 0.3 is 0 Å². The predicted molar refractivity (Wildman–Crippen MR) is 73.8 cm³/mol. The van der Waals surface area contributed by atoms with Gasteiger partial charge < -0.3 is 19.7 Å². The first-order chi connectivity index (χ1) is 8.74. The number of rotatable bonds is 5. The van der Waals surface area contributed by atoms with Crippen molar-refractivity contribution in [1.82, 2.24) is 5.32 Å². The summed E-state index contributed by atoms with van der Waals surface area (Å²) < 4.78 is 10.7. The van der Waals surface area contributed by atoms with E-state index in [2.05, 4.69) is 17.3 Å². The Morgan fingerprint density at radius 2 is 2.17 bits per heavy atom. The van der Waals surface area contributed by atoms with Crippen LogP contribution in [0.3, 0.4) is 0 Å². The Balaban J connectivity index is 2.13. The first-order valence-corrected chi connectivity index (χ1v) is 6.38. The summed E-state index contributed by atoms with van der Waals surface area (Å²) in [5, 5.41) is 3.40. The summed E-state index contributed by atoms with van der Waals surface area (Å²) in [5.74, 6) is 2.47. The Labute approximate surface area is 109 Å². The Morgan fingerprint density at radius 3 is 2.78 bits per heavy atom. The van der Waals surface area contributed by atoms with Crippen molar-refractivity contribution in [2.45, 2.75) is 6.42 Å². The first-order valence-electron chi connectivity index (χ1n) is 6.38. The minimum absolute atomic E-state index is 0.714. The molecule has 1 atom stereocenters. The molecule has 1 N–H and O–H groups in total. The minimum Gasteiger partial charge on any atom is -0.497 e. The van der Waals surface area contributed by atoms with Gasteiger partial charge in [-0.1, -0.05) is 0 Å². The van der Waals surface area contributed by atoms with E-state index in [4.69, 9.17) is 9.47 Å². The fourth-order valence-corrected chi connectivity index (χ4v) is 2.45. The molecule has 100 valence electrons. The van der Waals surface area contributed by atoms with Crippen LogP contribution in [-0.2, 0) is 0 Å². The minimum atomic E-state index is 0.714. The molecule has 4 nitrogen and oxygen atoms in total. The number of methoxy groups -OCH3 is 2. The third-order valence-electron chi connectivity index (χ3n) is 3.49. The highest BCUT2D eigenvalue weighted by Crippen LogP contribution is 2.32. The summed E-state index contributed by atoms with van der Waals surface area (Å²) in [5.41, 5.74) is 1.09. The second-order valence-corrected chi connectivity index (χ2v) is 4.78. The smallest absolute Gasteiger partial charge is 0.142 e. The maximum atomic E-state index is 5.42. The van der Waals surface area contributed by atoms with Gasteiger partial charge in [-0.25, -0.2) is 0 Å². The number of nitrogens with zero attached hydrogens (tertiary/aromatic N) is 1. The average Bonchev–Trinajstić information content (AvgIpc) is 2.90. The molecule has 18 heavy (non-hydrogen) atoms. The van der Waals surface area contributed by atoms with E-state index < -0.39 is 0 Å². The van der Waals surface area contributed by atoms with Crippen LogP contribution in [0.1, 0.15) is 6.42 Å². The number of nitrogens with one attached hydrogen (secondary N) is 1. The number of ether oxygens (including phenoxy) is 2. The molecule has 0 spiro atoms. The highest BCUT2D eigenvalue weighted by molar-refractivity contribution is 5.61. The third-order valence-corrected chi connectivity index (χ3v) is 3.49. The molecule has 1 aromatic carbocycles. The molecule has 1 aromatic rings. The van der Waals surface area contributed by atoms with Gasteiger partial charge in [-0.15, -0.1) is 0 Å². The summed E-state index contributed by atoms with van der Waals surface area (Å²) in [4.78, 5) is 2.25. The number of hydrogen-bond donors (Lipinski definition) is 1. The number of anilines is 1. The lowest BCUT2D eigenvalue weighted by atomic mass is 10.1. The van der Waals surface area contributed by atoms with Crippen LogP contribution in [0.5, 0.6) is 11.5 Å². The summed E-state index contributed by atoms with van der Waals surface area (Å²) in [6.45, 7) is 3.28. The van der Waals surface area contributed by atoms with Gasteiger partial charge in [0.15, 0.2) is 0 Å². The van der Waals surface area contributed by atoms with E-state index in [-0.39, 0.29) is 0 Å². The first kappa shape index (κ1) is 13.0. The van der Waals surface area contributed by atoms with Gasteiger partial charge in [0.1, 0.15) is 11.5 Å². The van der Waals surface area contributed by atoms with Crippen molar-refractivity contribution in [2.75, 3.05) is 45.8 Å². The van der Waals surface area contributed by atoms with E-state index in [1.165, 1.54) is 6.42 Å². The molecule has 0 saturated carbocycles. The molecule has 2 rings (SSSR count). The Bertz CT molecular complexity index is 389. The lowest BCUT2D eigenvalue weighted by Crippen LogP contribution is -2.27. The molecule has 0 aromatic heterocycles.